The Morgan fingerprint density at radius 1 is 1.23 bits per heavy atom. The maximum Gasteiger partial charge on any atom is 0.0619 e. The first kappa shape index (κ1) is 15.4. The Morgan fingerprint density at radius 3 is 2.23 bits per heavy atom. The second-order valence-electron chi connectivity index (χ2n) is 2.45. The Labute approximate surface area is 84.1 Å². The highest BCUT2D eigenvalue weighted by atomic mass is 16.5. The second kappa shape index (κ2) is 14.4. The van der Waals surface area contributed by atoms with E-state index in [9.17, 15) is 0 Å². The molecule has 1 fully saturated rings. The molecule has 0 radical (unpaired) electrons. The van der Waals surface area contributed by atoms with Crippen LogP contribution in [0.2, 0.25) is 0 Å². The first-order chi connectivity index (χ1) is 6.43. The Kier molecular flexibility index (Phi) is 17.1. The summed E-state index contributed by atoms with van der Waals surface area (Å²) >= 11 is 0. The van der Waals surface area contributed by atoms with Gasteiger partial charge in [-0.25, -0.2) is 0 Å². The highest BCUT2D eigenvalue weighted by molar-refractivity contribution is 4.72. The molecular weight excluding hydrogens is 162 g/mol. The summed E-state index contributed by atoms with van der Waals surface area (Å²) in [6, 6.07) is 0.643. The third-order valence-electron chi connectivity index (χ3n) is 1.69. The lowest BCUT2D eigenvalue weighted by Gasteiger charge is -2.08. The van der Waals surface area contributed by atoms with Gasteiger partial charge in [-0.2, -0.15) is 0 Å². The quantitative estimate of drug-likeness (QED) is 0.737. The molecule has 13 heavy (non-hydrogen) atoms. The van der Waals surface area contributed by atoms with Gasteiger partial charge in [0.05, 0.1) is 6.61 Å². The van der Waals surface area contributed by atoms with Crippen molar-refractivity contribution in [2.45, 2.75) is 53.5 Å². The summed E-state index contributed by atoms with van der Waals surface area (Å²) in [6.07, 6.45) is 2.61. The molecule has 0 bridgehead atoms. The molecule has 0 spiro atoms. The van der Waals surface area contributed by atoms with Crippen LogP contribution in [0.25, 0.3) is 0 Å². The summed E-state index contributed by atoms with van der Waals surface area (Å²) in [5.41, 5.74) is 0. The van der Waals surface area contributed by atoms with Crippen molar-refractivity contribution in [1.29, 1.82) is 0 Å². The zero-order valence-corrected chi connectivity index (χ0v) is 10.0. The normalized spacial score (nSPS) is 19.6. The lowest BCUT2D eigenvalue weighted by Crippen LogP contribution is -2.26. The number of rotatable bonds is 3. The average molecular weight is 189 g/mol. The van der Waals surface area contributed by atoms with Gasteiger partial charge in [0.15, 0.2) is 0 Å². The van der Waals surface area contributed by atoms with Gasteiger partial charge in [0.2, 0.25) is 0 Å². The Balaban J connectivity index is 0. The lowest BCUT2D eigenvalue weighted by molar-refractivity contribution is 0.128. The fraction of sp³-hybridized carbons (Fsp3) is 1.00. The van der Waals surface area contributed by atoms with Crippen LogP contribution in [-0.2, 0) is 4.74 Å². The van der Waals surface area contributed by atoms with E-state index in [-0.39, 0.29) is 0 Å². The van der Waals surface area contributed by atoms with E-state index < -0.39 is 0 Å². The molecule has 0 aliphatic carbocycles. The van der Waals surface area contributed by atoms with E-state index in [2.05, 4.69) is 5.32 Å². The molecule has 0 saturated carbocycles. The molecule has 0 aromatic rings. The predicted molar refractivity (Wildman–Crippen MR) is 60.2 cm³/mol. The molecule has 1 unspecified atom stereocenters. The predicted octanol–water partition coefficient (Wildman–Crippen LogP) is 2.83. The molecule has 1 atom stereocenters. The van der Waals surface area contributed by atoms with Crippen LogP contribution < -0.4 is 5.32 Å². The minimum absolute atomic E-state index is 0.643. The summed E-state index contributed by atoms with van der Waals surface area (Å²) in [5.74, 6) is 0. The van der Waals surface area contributed by atoms with Gasteiger partial charge >= 0.3 is 0 Å². The Morgan fingerprint density at radius 2 is 1.85 bits per heavy atom. The van der Waals surface area contributed by atoms with Crippen LogP contribution in [0.4, 0.5) is 0 Å². The van der Waals surface area contributed by atoms with Gasteiger partial charge in [-0.1, -0.05) is 27.7 Å². The third-order valence-corrected chi connectivity index (χ3v) is 1.69. The van der Waals surface area contributed by atoms with Crippen molar-refractivity contribution < 1.29 is 4.74 Å². The van der Waals surface area contributed by atoms with Crippen LogP contribution in [0.5, 0.6) is 0 Å². The van der Waals surface area contributed by atoms with Gasteiger partial charge in [0.1, 0.15) is 0 Å². The smallest absolute Gasteiger partial charge is 0.0619 e. The van der Waals surface area contributed by atoms with Crippen molar-refractivity contribution in [1.82, 2.24) is 5.32 Å². The molecule has 0 amide bonds. The van der Waals surface area contributed by atoms with E-state index in [1.807, 2.05) is 34.6 Å². The van der Waals surface area contributed by atoms with Crippen molar-refractivity contribution in [3.8, 4) is 0 Å². The molecule has 0 aromatic heterocycles. The fourth-order valence-electron chi connectivity index (χ4n) is 1.16. The van der Waals surface area contributed by atoms with E-state index in [4.69, 9.17) is 4.74 Å². The molecule has 1 rings (SSSR count). The Bertz CT molecular complexity index is 70.5. The molecule has 1 heterocycles. The Hall–Kier alpha value is -0.0800. The molecule has 1 aliphatic rings. The van der Waals surface area contributed by atoms with Crippen molar-refractivity contribution in [2.75, 3.05) is 19.8 Å². The molecule has 1 saturated heterocycles. The molecule has 2 heteroatoms. The van der Waals surface area contributed by atoms with E-state index in [1.165, 1.54) is 19.4 Å². The van der Waals surface area contributed by atoms with Crippen LogP contribution >= 0.6 is 0 Å². The van der Waals surface area contributed by atoms with E-state index in [1.54, 1.807) is 0 Å². The van der Waals surface area contributed by atoms with Crippen LogP contribution in [0, 0.1) is 0 Å². The first-order valence-corrected chi connectivity index (χ1v) is 5.74. The van der Waals surface area contributed by atoms with Gasteiger partial charge in [0, 0.05) is 12.6 Å². The monoisotopic (exact) mass is 189 g/mol. The second-order valence-corrected chi connectivity index (χ2v) is 2.45. The number of hydrogen-bond donors (Lipinski definition) is 1. The summed E-state index contributed by atoms with van der Waals surface area (Å²) < 4.78 is 5.25. The van der Waals surface area contributed by atoms with Crippen LogP contribution in [0.3, 0.4) is 0 Å². The van der Waals surface area contributed by atoms with Crippen molar-refractivity contribution in [3.63, 3.8) is 0 Å². The third kappa shape index (κ3) is 9.84. The van der Waals surface area contributed by atoms with Crippen LogP contribution in [-0.4, -0.2) is 25.8 Å². The first-order valence-electron chi connectivity index (χ1n) is 5.74. The van der Waals surface area contributed by atoms with Crippen molar-refractivity contribution in [2.24, 2.45) is 0 Å². The van der Waals surface area contributed by atoms with Crippen LogP contribution in [0.15, 0.2) is 0 Å². The van der Waals surface area contributed by atoms with Gasteiger partial charge in [-0.05, 0) is 26.3 Å². The van der Waals surface area contributed by atoms with Gasteiger partial charge < -0.3 is 10.1 Å². The number of hydrogen-bond acceptors (Lipinski definition) is 2. The average Bonchev–Trinajstić information content (AvgIpc) is 2.73. The SMILES string of the molecule is CC.CC.CCOCC1CCCN1. The maximum absolute atomic E-state index is 5.25. The van der Waals surface area contributed by atoms with E-state index in [0.29, 0.717) is 6.04 Å². The van der Waals surface area contributed by atoms with Gasteiger partial charge in [-0.15, -0.1) is 0 Å². The minimum Gasteiger partial charge on any atom is -0.380 e. The number of ether oxygens (including phenoxy) is 1. The topological polar surface area (TPSA) is 21.3 Å². The maximum atomic E-state index is 5.25. The summed E-state index contributed by atoms with van der Waals surface area (Å²) in [4.78, 5) is 0. The number of nitrogens with one attached hydrogen (secondary N) is 1. The minimum atomic E-state index is 0.643. The lowest BCUT2D eigenvalue weighted by atomic mass is 10.2. The van der Waals surface area contributed by atoms with E-state index in [0.717, 1.165) is 13.2 Å². The summed E-state index contributed by atoms with van der Waals surface area (Å²) in [5, 5.41) is 3.37. The zero-order chi connectivity index (χ0) is 10.5. The zero-order valence-electron chi connectivity index (χ0n) is 10.0. The van der Waals surface area contributed by atoms with Gasteiger partial charge in [-0.3, -0.25) is 0 Å². The fourth-order valence-corrected chi connectivity index (χ4v) is 1.16. The molecule has 2 nitrogen and oxygen atoms in total. The molecule has 1 N–H and O–H groups in total. The molecule has 0 aromatic carbocycles. The van der Waals surface area contributed by atoms with E-state index >= 15 is 0 Å². The summed E-state index contributed by atoms with van der Waals surface area (Å²) in [6.45, 7) is 13.0. The van der Waals surface area contributed by atoms with Crippen molar-refractivity contribution in [3.05, 3.63) is 0 Å². The molecule has 82 valence electrons. The highest BCUT2D eigenvalue weighted by Crippen LogP contribution is 2.04. The van der Waals surface area contributed by atoms with Crippen molar-refractivity contribution >= 4 is 0 Å². The molecular formula is C11H27NO. The van der Waals surface area contributed by atoms with Crippen LogP contribution in [0.1, 0.15) is 47.5 Å². The largest absolute Gasteiger partial charge is 0.380 e. The highest BCUT2D eigenvalue weighted by Gasteiger charge is 2.12. The molecule has 1 aliphatic heterocycles. The summed E-state index contributed by atoms with van der Waals surface area (Å²) in [7, 11) is 0. The van der Waals surface area contributed by atoms with Gasteiger partial charge in [0.25, 0.3) is 0 Å². The standard InChI is InChI=1S/C7H15NO.2C2H6/c1-2-9-6-7-4-3-5-8-7;2*1-2/h7-8H,2-6H2,1H3;2*1-2H3.